The molecule has 0 saturated heterocycles. The first-order valence-corrected chi connectivity index (χ1v) is 6.30. The molecular formula is C14H21NO3. The lowest BCUT2D eigenvalue weighted by Crippen LogP contribution is -2.22. The van der Waals surface area contributed by atoms with Crippen LogP contribution in [0.1, 0.15) is 27.2 Å². The summed E-state index contributed by atoms with van der Waals surface area (Å²) in [6.07, 6.45) is -0.315. The maximum Gasteiger partial charge on any atom is 0.307 e. The number of anilines is 1. The number of hydrogen-bond acceptors (Lipinski definition) is 3. The molecule has 1 N–H and O–H groups in total. The zero-order valence-corrected chi connectivity index (χ0v) is 11.2. The lowest BCUT2D eigenvalue weighted by atomic mass is 10.2. The molecule has 100 valence electrons. The van der Waals surface area contributed by atoms with Gasteiger partial charge in [0.2, 0.25) is 0 Å². The maximum absolute atomic E-state index is 10.6. The Kier molecular flexibility index (Phi) is 5.49. The quantitative estimate of drug-likeness (QED) is 0.809. The molecule has 0 aliphatic carbocycles. The Morgan fingerprint density at radius 2 is 2.06 bits per heavy atom. The van der Waals surface area contributed by atoms with Crippen LogP contribution in [0.5, 0.6) is 5.75 Å². The molecular weight excluding hydrogens is 230 g/mol. The van der Waals surface area contributed by atoms with Crippen LogP contribution in [0.25, 0.3) is 0 Å². The minimum absolute atomic E-state index is 0.00942. The van der Waals surface area contributed by atoms with Gasteiger partial charge < -0.3 is 14.7 Å². The smallest absolute Gasteiger partial charge is 0.307 e. The molecule has 1 rings (SSSR count). The molecule has 0 saturated carbocycles. The van der Waals surface area contributed by atoms with E-state index in [1.807, 2.05) is 24.3 Å². The zero-order valence-electron chi connectivity index (χ0n) is 11.2. The fourth-order valence-corrected chi connectivity index (χ4v) is 1.86. The van der Waals surface area contributed by atoms with Crippen LogP contribution in [0.4, 0.5) is 5.69 Å². The average Bonchev–Trinajstić information content (AvgIpc) is 2.29. The van der Waals surface area contributed by atoms with Gasteiger partial charge in [0.05, 0.1) is 6.42 Å². The van der Waals surface area contributed by atoms with Crippen molar-refractivity contribution in [3.8, 4) is 5.75 Å². The molecule has 4 nitrogen and oxygen atoms in total. The highest BCUT2D eigenvalue weighted by atomic mass is 16.5. The average molecular weight is 251 g/mol. The van der Waals surface area contributed by atoms with Gasteiger partial charge >= 0.3 is 5.97 Å². The van der Waals surface area contributed by atoms with Gasteiger partial charge in [0.1, 0.15) is 11.9 Å². The summed E-state index contributed by atoms with van der Waals surface area (Å²) in [6.45, 7) is 7.83. The largest absolute Gasteiger partial charge is 0.490 e. The van der Waals surface area contributed by atoms with Crippen LogP contribution < -0.4 is 9.64 Å². The van der Waals surface area contributed by atoms with Crippen LogP contribution in [-0.2, 0) is 4.79 Å². The Bertz CT molecular complexity index is 388. The third-order valence-corrected chi connectivity index (χ3v) is 2.75. The summed E-state index contributed by atoms with van der Waals surface area (Å²) in [6, 6.07) is 7.76. The Morgan fingerprint density at radius 1 is 1.39 bits per heavy atom. The predicted octanol–water partition coefficient (Wildman–Crippen LogP) is 2.77. The third-order valence-electron chi connectivity index (χ3n) is 2.75. The first-order valence-electron chi connectivity index (χ1n) is 6.30. The number of ether oxygens (including phenoxy) is 1. The van der Waals surface area contributed by atoms with E-state index in [4.69, 9.17) is 9.84 Å². The number of nitrogens with zero attached hydrogens (tertiary/aromatic N) is 1. The monoisotopic (exact) mass is 251 g/mol. The fraction of sp³-hybridized carbons (Fsp3) is 0.500. The lowest BCUT2D eigenvalue weighted by Gasteiger charge is -2.22. The summed E-state index contributed by atoms with van der Waals surface area (Å²) in [7, 11) is 0. The molecule has 0 aliphatic rings. The number of aliphatic carboxylic acids is 1. The van der Waals surface area contributed by atoms with E-state index in [0.29, 0.717) is 5.75 Å². The van der Waals surface area contributed by atoms with Crippen LogP contribution in [0.15, 0.2) is 24.3 Å². The molecule has 0 fully saturated rings. The van der Waals surface area contributed by atoms with E-state index >= 15 is 0 Å². The fourth-order valence-electron chi connectivity index (χ4n) is 1.86. The van der Waals surface area contributed by atoms with E-state index in [-0.39, 0.29) is 12.5 Å². The summed E-state index contributed by atoms with van der Waals surface area (Å²) in [4.78, 5) is 12.8. The molecule has 4 heteroatoms. The molecule has 18 heavy (non-hydrogen) atoms. The summed E-state index contributed by atoms with van der Waals surface area (Å²) in [5, 5.41) is 8.69. The number of carbonyl (C=O) groups is 1. The van der Waals surface area contributed by atoms with Crippen molar-refractivity contribution in [2.75, 3.05) is 18.0 Å². The van der Waals surface area contributed by atoms with Gasteiger partial charge in [0, 0.05) is 24.8 Å². The number of benzene rings is 1. The standard InChI is InChI=1S/C14H21NO3/c1-4-15(5-2)12-7-6-8-13(10-12)18-11(3)9-14(16)17/h6-8,10-11H,4-5,9H2,1-3H3,(H,16,17)/t11-/m1/s1. The summed E-state index contributed by atoms with van der Waals surface area (Å²) in [5.74, 6) is -0.129. The predicted molar refractivity (Wildman–Crippen MR) is 72.3 cm³/mol. The topological polar surface area (TPSA) is 49.8 Å². The van der Waals surface area contributed by atoms with Gasteiger partial charge in [0.15, 0.2) is 0 Å². The minimum Gasteiger partial charge on any atom is -0.490 e. The molecule has 1 aromatic carbocycles. The van der Waals surface area contributed by atoms with Crippen LogP contribution in [-0.4, -0.2) is 30.3 Å². The van der Waals surface area contributed by atoms with E-state index in [1.54, 1.807) is 6.92 Å². The van der Waals surface area contributed by atoms with E-state index in [1.165, 1.54) is 0 Å². The van der Waals surface area contributed by atoms with Crippen molar-refractivity contribution >= 4 is 11.7 Å². The van der Waals surface area contributed by atoms with Crippen LogP contribution in [0.3, 0.4) is 0 Å². The molecule has 1 atom stereocenters. The van der Waals surface area contributed by atoms with Crippen molar-refractivity contribution in [3.63, 3.8) is 0 Å². The number of hydrogen-bond donors (Lipinski definition) is 1. The molecule has 0 spiro atoms. The molecule has 0 aliphatic heterocycles. The first-order chi connectivity index (χ1) is 8.56. The highest BCUT2D eigenvalue weighted by molar-refractivity contribution is 5.67. The summed E-state index contributed by atoms with van der Waals surface area (Å²) < 4.78 is 5.60. The SMILES string of the molecule is CCN(CC)c1cccc(O[C@H](C)CC(=O)O)c1. The van der Waals surface area contributed by atoms with Crippen molar-refractivity contribution < 1.29 is 14.6 Å². The van der Waals surface area contributed by atoms with Crippen molar-refractivity contribution in [1.82, 2.24) is 0 Å². The van der Waals surface area contributed by atoms with Gasteiger partial charge in [-0.2, -0.15) is 0 Å². The second-order valence-corrected chi connectivity index (χ2v) is 4.20. The highest BCUT2D eigenvalue weighted by Crippen LogP contribution is 2.22. The highest BCUT2D eigenvalue weighted by Gasteiger charge is 2.10. The van der Waals surface area contributed by atoms with Crippen LogP contribution in [0.2, 0.25) is 0 Å². The van der Waals surface area contributed by atoms with Gasteiger partial charge in [-0.05, 0) is 32.9 Å². The second kappa shape index (κ2) is 6.89. The Labute approximate surface area is 108 Å². The molecule has 0 bridgehead atoms. The molecule has 0 heterocycles. The van der Waals surface area contributed by atoms with Crippen molar-refractivity contribution in [2.24, 2.45) is 0 Å². The van der Waals surface area contributed by atoms with Gasteiger partial charge in [-0.1, -0.05) is 6.07 Å². The van der Waals surface area contributed by atoms with Gasteiger partial charge in [-0.15, -0.1) is 0 Å². The Hall–Kier alpha value is -1.71. The van der Waals surface area contributed by atoms with Crippen molar-refractivity contribution in [2.45, 2.75) is 33.3 Å². The first kappa shape index (κ1) is 14.4. The number of rotatable bonds is 7. The molecule has 0 unspecified atom stereocenters. The summed E-state index contributed by atoms with van der Waals surface area (Å²) in [5.41, 5.74) is 1.10. The summed E-state index contributed by atoms with van der Waals surface area (Å²) >= 11 is 0. The molecule has 1 aromatic rings. The second-order valence-electron chi connectivity index (χ2n) is 4.20. The van der Waals surface area contributed by atoms with Gasteiger partial charge in [0.25, 0.3) is 0 Å². The van der Waals surface area contributed by atoms with Crippen LogP contribution >= 0.6 is 0 Å². The maximum atomic E-state index is 10.6. The van der Waals surface area contributed by atoms with E-state index < -0.39 is 5.97 Å². The number of carboxylic acids is 1. The number of carboxylic acid groups (broad SMARTS) is 1. The van der Waals surface area contributed by atoms with E-state index in [9.17, 15) is 4.79 Å². The molecule has 0 amide bonds. The van der Waals surface area contributed by atoms with Gasteiger partial charge in [-0.25, -0.2) is 0 Å². The molecule has 0 radical (unpaired) electrons. The Balaban J connectivity index is 2.72. The lowest BCUT2D eigenvalue weighted by molar-refractivity contribution is -0.138. The Morgan fingerprint density at radius 3 is 2.61 bits per heavy atom. The van der Waals surface area contributed by atoms with Crippen LogP contribution in [0, 0.1) is 0 Å². The van der Waals surface area contributed by atoms with E-state index in [2.05, 4.69) is 18.7 Å². The van der Waals surface area contributed by atoms with E-state index in [0.717, 1.165) is 18.8 Å². The van der Waals surface area contributed by atoms with Crippen molar-refractivity contribution in [1.29, 1.82) is 0 Å². The molecule has 0 aromatic heterocycles. The normalized spacial score (nSPS) is 11.9. The van der Waals surface area contributed by atoms with Crippen molar-refractivity contribution in [3.05, 3.63) is 24.3 Å². The van der Waals surface area contributed by atoms with Gasteiger partial charge in [-0.3, -0.25) is 4.79 Å². The minimum atomic E-state index is -0.845. The third kappa shape index (κ3) is 4.28. The zero-order chi connectivity index (χ0) is 13.5.